The van der Waals surface area contributed by atoms with Crippen LogP contribution in [0.1, 0.15) is 27.3 Å². The summed E-state index contributed by atoms with van der Waals surface area (Å²) in [6.45, 7) is 3.83. The predicted molar refractivity (Wildman–Crippen MR) is 104 cm³/mol. The summed E-state index contributed by atoms with van der Waals surface area (Å²) < 4.78 is 15.0. The van der Waals surface area contributed by atoms with Gasteiger partial charge < -0.3 is 10.6 Å². The van der Waals surface area contributed by atoms with Crippen molar-refractivity contribution in [1.29, 1.82) is 0 Å². The third-order valence-corrected chi connectivity index (χ3v) is 5.71. The molecule has 26 heavy (non-hydrogen) atoms. The Kier molecular flexibility index (Phi) is 5.32. The number of hydrogen-bond donors (Lipinski definition) is 1. The molecule has 3 aromatic rings. The number of nitrogens with zero attached hydrogens (tertiary/aromatic N) is 3. The maximum absolute atomic E-state index is 13.1. The zero-order valence-corrected chi connectivity index (χ0v) is 15.9. The van der Waals surface area contributed by atoms with Crippen LogP contribution in [-0.4, -0.2) is 39.7 Å². The van der Waals surface area contributed by atoms with Gasteiger partial charge in [-0.3, -0.25) is 9.48 Å². The van der Waals surface area contributed by atoms with Crippen molar-refractivity contribution in [3.63, 3.8) is 0 Å². The Bertz CT molecular complexity index is 937. The van der Waals surface area contributed by atoms with Gasteiger partial charge in [-0.2, -0.15) is 5.10 Å². The van der Waals surface area contributed by atoms with Crippen LogP contribution in [0, 0.1) is 12.7 Å². The number of thiophene rings is 1. The third kappa shape index (κ3) is 3.47. The number of likely N-dealkylation sites (tertiary alicyclic amines) is 1. The molecule has 0 unspecified atom stereocenters. The van der Waals surface area contributed by atoms with Gasteiger partial charge >= 0.3 is 0 Å². The lowest BCUT2D eigenvalue weighted by atomic mass is 10.2. The van der Waals surface area contributed by atoms with E-state index in [1.54, 1.807) is 12.1 Å². The van der Waals surface area contributed by atoms with E-state index in [0.717, 1.165) is 39.3 Å². The summed E-state index contributed by atoms with van der Waals surface area (Å²) in [7, 11) is 0. The van der Waals surface area contributed by atoms with E-state index in [2.05, 4.69) is 5.10 Å². The number of benzene rings is 1. The molecule has 0 bridgehead atoms. The maximum atomic E-state index is 13.1. The van der Waals surface area contributed by atoms with E-state index in [1.165, 1.54) is 23.5 Å². The molecular weight excluding hydrogens is 375 g/mol. The number of amides is 1. The molecule has 0 saturated carbocycles. The van der Waals surface area contributed by atoms with Crippen LogP contribution in [0.25, 0.3) is 10.2 Å². The Hall–Kier alpha value is -1.96. The van der Waals surface area contributed by atoms with Crippen LogP contribution in [0.3, 0.4) is 0 Å². The number of carbonyl (C=O) groups is 1. The van der Waals surface area contributed by atoms with Gasteiger partial charge in [-0.05, 0) is 37.1 Å². The van der Waals surface area contributed by atoms with Crippen LogP contribution in [0.15, 0.2) is 30.3 Å². The van der Waals surface area contributed by atoms with Crippen LogP contribution < -0.4 is 5.73 Å². The highest BCUT2D eigenvalue weighted by Crippen LogP contribution is 2.30. The Balaban J connectivity index is 0.00000196. The van der Waals surface area contributed by atoms with Crippen LogP contribution in [0.2, 0.25) is 0 Å². The van der Waals surface area contributed by atoms with E-state index < -0.39 is 0 Å². The van der Waals surface area contributed by atoms with E-state index in [-0.39, 0.29) is 30.2 Å². The summed E-state index contributed by atoms with van der Waals surface area (Å²) in [5, 5.41) is 5.56. The minimum atomic E-state index is -0.252. The lowest BCUT2D eigenvalue weighted by Crippen LogP contribution is -2.31. The quantitative estimate of drug-likeness (QED) is 0.742. The first kappa shape index (κ1) is 18.8. The maximum Gasteiger partial charge on any atom is 0.264 e. The van der Waals surface area contributed by atoms with Crippen molar-refractivity contribution < 1.29 is 9.18 Å². The van der Waals surface area contributed by atoms with E-state index in [4.69, 9.17) is 5.73 Å². The molecule has 138 valence electrons. The summed E-state index contributed by atoms with van der Waals surface area (Å²) >= 11 is 1.46. The molecule has 3 heterocycles. The van der Waals surface area contributed by atoms with Crippen LogP contribution in [-0.2, 0) is 6.54 Å². The highest BCUT2D eigenvalue weighted by atomic mass is 35.5. The van der Waals surface area contributed by atoms with Gasteiger partial charge in [-0.25, -0.2) is 4.39 Å². The fourth-order valence-electron chi connectivity index (χ4n) is 3.22. The van der Waals surface area contributed by atoms with Crippen molar-refractivity contribution in [3.05, 3.63) is 52.3 Å². The molecule has 1 atom stereocenters. The zero-order valence-electron chi connectivity index (χ0n) is 14.3. The van der Waals surface area contributed by atoms with Gasteiger partial charge in [0.25, 0.3) is 5.91 Å². The van der Waals surface area contributed by atoms with Crippen LogP contribution in [0.5, 0.6) is 0 Å². The second-order valence-corrected chi connectivity index (χ2v) is 7.53. The molecule has 1 aromatic carbocycles. The summed E-state index contributed by atoms with van der Waals surface area (Å²) in [6.07, 6.45) is 0.855. The normalized spacial score (nSPS) is 16.9. The second kappa shape index (κ2) is 7.34. The molecular formula is C18H20ClFN4OS. The zero-order chi connectivity index (χ0) is 17.6. The third-order valence-electron chi connectivity index (χ3n) is 4.58. The Morgan fingerprint density at radius 3 is 2.77 bits per heavy atom. The predicted octanol–water partition coefficient (Wildman–Crippen LogP) is 3.19. The molecule has 1 aliphatic heterocycles. The van der Waals surface area contributed by atoms with Gasteiger partial charge in [0.1, 0.15) is 10.6 Å². The Morgan fingerprint density at radius 2 is 2.12 bits per heavy atom. The smallest absolute Gasteiger partial charge is 0.264 e. The molecule has 1 aliphatic rings. The van der Waals surface area contributed by atoms with Crippen LogP contribution in [0.4, 0.5) is 4.39 Å². The number of halogens is 2. The SMILES string of the molecule is Cc1nn(Cc2ccc(F)cc2)c2sc(C(=O)N3CC[C@@H](N)C3)cc12.Cl. The van der Waals surface area contributed by atoms with Gasteiger partial charge in [0.15, 0.2) is 0 Å². The molecule has 1 fully saturated rings. The van der Waals surface area contributed by atoms with Crippen molar-refractivity contribution >= 4 is 39.9 Å². The Morgan fingerprint density at radius 1 is 1.38 bits per heavy atom. The van der Waals surface area contributed by atoms with E-state index in [9.17, 15) is 9.18 Å². The summed E-state index contributed by atoms with van der Waals surface area (Å²) in [4.78, 5) is 16.2. The number of aryl methyl sites for hydroxylation is 1. The monoisotopic (exact) mass is 394 g/mol. The molecule has 1 amide bonds. The Labute approximate surface area is 161 Å². The molecule has 2 aromatic heterocycles. The first-order chi connectivity index (χ1) is 12.0. The fourth-order valence-corrected chi connectivity index (χ4v) is 4.34. The van der Waals surface area contributed by atoms with Gasteiger partial charge in [-0.15, -0.1) is 23.7 Å². The van der Waals surface area contributed by atoms with E-state index in [0.29, 0.717) is 13.1 Å². The molecule has 0 spiro atoms. The number of nitrogens with two attached hydrogens (primary N) is 1. The lowest BCUT2D eigenvalue weighted by molar-refractivity contribution is 0.0795. The minimum Gasteiger partial charge on any atom is -0.336 e. The number of fused-ring (bicyclic) bond motifs is 1. The van der Waals surface area contributed by atoms with Crippen molar-refractivity contribution in [2.45, 2.75) is 25.9 Å². The molecule has 0 radical (unpaired) electrons. The average Bonchev–Trinajstić information content (AvgIpc) is 3.27. The van der Waals surface area contributed by atoms with Crippen molar-refractivity contribution in [1.82, 2.24) is 14.7 Å². The minimum absolute atomic E-state index is 0. The average molecular weight is 395 g/mol. The highest BCUT2D eigenvalue weighted by molar-refractivity contribution is 7.20. The van der Waals surface area contributed by atoms with Crippen molar-refractivity contribution in [2.75, 3.05) is 13.1 Å². The number of hydrogen-bond acceptors (Lipinski definition) is 4. The van der Waals surface area contributed by atoms with Crippen molar-refractivity contribution in [2.24, 2.45) is 5.73 Å². The lowest BCUT2D eigenvalue weighted by Gasteiger charge is -2.14. The number of carbonyl (C=O) groups excluding carboxylic acids is 1. The highest BCUT2D eigenvalue weighted by Gasteiger charge is 2.26. The van der Waals surface area contributed by atoms with Crippen LogP contribution >= 0.6 is 23.7 Å². The first-order valence-electron chi connectivity index (χ1n) is 8.27. The summed E-state index contributed by atoms with van der Waals surface area (Å²) in [5.74, 6) is -0.208. The number of rotatable bonds is 3. The van der Waals surface area contributed by atoms with Gasteiger partial charge in [-0.1, -0.05) is 12.1 Å². The fraction of sp³-hybridized carbons (Fsp3) is 0.333. The number of aromatic nitrogens is 2. The molecule has 5 nitrogen and oxygen atoms in total. The van der Waals surface area contributed by atoms with Crippen molar-refractivity contribution in [3.8, 4) is 0 Å². The van der Waals surface area contributed by atoms with E-state index >= 15 is 0 Å². The molecule has 8 heteroatoms. The summed E-state index contributed by atoms with van der Waals surface area (Å²) in [6, 6.07) is 8.41. The standard InChI is InChI=1S/C18H19FN4OS.ClH/c1-11-15-8-16(17(24)22-7-6-14(20)10-22)25-18(15)23(21-11)9-12-2-4-13(19)5-3-12;/h2-5,8,14H,6-7,9-10,20H2,1H3;1H/t14-;/m1./s1. The first-order valence-corrected chi connectivity index (χ1v) is 9.09. The molecule has 0 aliphatic carbocycles. The topological polar surface area (TPSA) is 64.2 Å². The second-order valence-electron chi connectivity index (χ2n) is 6.50. The molecule has 2 N–H and O–H groups in total. The largest absolute Gasteiger partial charge is 0.336 e. The molecule has 4 rings (SSSR count). The van der Waals surface area contributed by atoms with Gasteiger partial charge in [0, 0.05) is 24.5 Å². The van der Waals surface area contributed by atoms with Gasteiger partial charge in [0.05, 0.1) is 17.1 Å². The van der Waals surface area contributed by atoms with E-state index in [1.807, 2.05) is 22.6 Å². The molecule has 1 saturated heterocycles. The van der Waals surface area contributed by atoms with Gasteiger partial charge in [0.2, 0.25) is 0 Å². The summed E-state index contributed by atoms with van der Waals surface area (Å²) in [5.41, 5.74) is 7.77.